The number of amides is 1. The van der Waals surface area contributed by atoms with Crippen molar-refractivity contribution in [1.29, 1.82) is 0 Å². The van der Waals surface area contributed by atoms with Gasteiger partial charge in [-0.2, -0.15) is 0 Å². The molecule has 0 radical (unpaired) electrons. The van der Waals surface area contributed by atoms with E-state index in [2.05, 4.69) is 5.32 Å². The highest BCUT2D eigenvalue weighted by Gasteiger charge is 2.19. The minimum absolute atomic E-state index is 0.0101. The van der Waals surface area contributed by atoms with Crippen molar-refractivity contribution in [2.75, 3.05) is 13.2 Å². The van der Waals surface area contributed by atoms with Gasteiger partial charge in [-0.3, -0.25) is 4.79 Å². The predicted octanol–water partition coefficient (Wildman–Crippen LogP) is 2.81. The largest absolute Gasteiger partial charge is 0.461 e. The number of carbonyl (C=O) groups is 1. The average Bonchev–Trinajstić information content (AvgIpc) is 2.89. The Morgan fingerprint density at radius 3 is 2.38 bits per heavy atom. The van der Waals surface area contributed by atoms with E-state index in [0.29, 0.717) is 24.1 Å². The molecule has 26 heavy (non-hydrogen) atoms. The van der Waals surface area contributed by atoms with Crippen LogP contribution in [-0.2, 0) is 11.2 Å². The summed E-state index contributed by atoms with van der Waals surface area (Å²) in [5.74, 6) is 0.572. The molecule has 0 bridgehead atoms. The lowest BCUT2D eigenvalue weighted by molar-refractivity contribution is -0.120. The van der Waals surface area contributed by atoms with Crippen LogP contribution in [0, 0.1) is 27.7 Å². The SMILES string of the molecule is Cc1oc2c(C)c3oc(=O)c(CC(=O)NCCCO)c(C)c3cc2c1C. The van der Waals surface area contributed by atoms with E-state index < -0.39 is 5.63 Å². The van der Waals surface area contributed by atoms with Gasteiger partial charge in [-0.05, 0) is 51.3 Å². The minimum atomic E-state index is -0.505. The summed E-state index contributed by atoms with van der Waals surface area (Å²) in [6, 6.07) is 1.97. The van der Waals surface area contributed by atoms with E-state index in [1.807, 2.05) is 33.8 Å². The van der Waals surface area contributed by atoms with Crippen molar-refractivity contribution in [2.45, 2.75) is 40.5 Å². The van der Waals surface area contributed by atoms with Crippen LogP contribution in [0.15, 0.2) is 19.7 Å². The molecule has 2 N–H and O–H groups in total. The van der Waals surface area contributed by atoms with Crippen molar-refractivity contribution in [2.24, 2.45) is 0 Å². The maximum atomic E-state index is 12.5. The molecule has 0 unspecified atom stereocenters. The molecule has 6 nitrogen and oxygen atoms in total. The highest BCUT2D eigenvalue weighted by Crippen LogP contribution is 2.34. The summed E-state index contributed by atoms with van der Waals surface area (Å²) in [6.07, 6.45) is 0.434. The van der Waals surface area contributed by atoms with E-state index in [1.165, 1.54) is 0 Å². The van der Waals surface area contributed by atoms with Crippen LogP contribution in [0.1, 0.15) is 34.4 Å². The van der Waals surface area contributed by atoms with Crippen LogP contribution in [-0.4, -0.2) is 24.2 Å². The number of aliphatic hydroxyl groups excluding tert-OH is 1. The summed E-state index contributed by atoms with van der Waals surface area (Å²) < 4.78 is 11.4. The van der Waals surface area contributed by atoms with Crippen molar-refractivity contribution in [3.63, 3.8) is 0 Å². The minimum Gasteiger partial charge on any atom is -0.461 e. The first kappa shape index (κ1) is 18.2. The summed E-state index contributed by atoms with van der Waals surface area (Å²) in [4.78, 5) is 24.5. The lowest BCUT2D eigenvalue weighted by atomic mass is 9.99. The van der Waals surface area contributed by atoms with Crippen molar-refractivity contribution in [3.8, 4) is 0 Å². The third-order valence-corrected chi connectivity index (χ3v) is 4.94. The summed E-state index contributed by atoms with van der Waals surface area (Å²) >= 11 is 0. The Morgan fingerprint density at radius 1 is 1.04 bits per heavy atom. The molecule has 0 spiro atoms. The van der Waals surface area contributed by atoms with Crippen LogP contribution >= 0.6 is 0 Å². The van der Waals surface area contributed by atoms with Crippen molar-refractivity contribution in [3.05, 3.63) is 44.5 Å². The highest BCUT2D eigenvalue weighted by molar-refractivity contribution is 6.00. The summed E-state index contributed by atoms with van der Waals surface area (Å²) in [6.45, 7) is 8.00. The van der Waals surface area contributed by atoms with E-state index in [0.717, 1.165) is 38.8 Å². The van der Waals surface area contributed by atoms with E-state index in [1.54, 1.807) is 0 Å². The number of hydrogen-bond donors (Lipinski definition) is 2. The van der Waals surface area contributed by atoms with E-state index in [9.17, 15) is 9.59 Å². The molecule has 6 heteroatoms. The van der Waals surface area contributed by atoms with Gasteiger partial charge in [0.2, 0.25) is 5.91 Å². The second kappa shape index (κ2) is 6.96. The molecule has 0 fully saturated rings. The fraction of sp³-hybridized carbons (Fsp3) is 0.400. The van der Waals surface area contributed by atoms with Crippen molar-refractivity contribution in [1.82, 2.24) is 5.32 Å². The first-order valence-electron chi connectivity index (χ1n) is 8.68. The number of aryl methyl sites for hydroxylation is 4. The predicted molar refractivity (Wildman–Crippen MR) is 99.6 cm³/mol. The van der Waals surface area contributed by atoms with Crippen LogP contribution in [0.3, 0.4) is 0 Å². The normalized spacial score (nSPS) is 11.4. The number of hydrogen-bond acceptors (Lipinski definition) is 5. The quantitative estimate of drug-likeness (QED) is 0.541. The summed E-state index contributed by atoms with van der Waals surface area (Å²) in [5, 5.41) is 13.3. The van der Waals surface area contributed by atoms with Gasteiger partial charge in [0.05, 0.1) is 12.0 Å². The molecule has 0 aliphatic carbocycles. The maximum absolute atomic E-state index is 12.5. The fourth-order valence-corrected chi connectivity index (χ4v) is 3.23. The van der Waals surface area contributed by atoms with Crippen LogP contribution in [0.25, 0.3) is 21.9 Å². The third kappa shape index (κ3) is 3.01. The fourth-order valence-electron chi connectivity index (χ4n) is 3.23. The Hall–Kier alpha value is -2.60. The first-order chi connectivity index (χ1) is 12.3. The van der Waals surface area contributed by atoms with Gasteiger partial charge in [-0.25, -0.2) is 4.79 Å². The van der Waals surface area contributed by atoms with E-state index in [4.69, 9.17) is 13.9 Å². The van der Waals surface area contributed by atoms with Crippen molar-refractivity contribution < 1.29 is 18.7 Å². The van der Waals surface area contributed by atoms with Crippen LogP contribution in [0.5, 0.6) is 0 Å². The Labute approximate surface area is 150 Å². The Bertz CT molecular complexity index is 1060. The van der Waals surface area contributed by atoms with Gasteiger partial charge in [-0.15, -0.1) is 0 Å². The lowest BCUT2D eigenvalue weighted by Gasteiger charge is -2.10. The van der Waals surface area contributed by atoms with Gasteiger partial charge in [0, 0.05) is 29.5 Å². The van der Waals surface area contributed by atoms with Crippen LogP contribution in [0.4, 0.5) is 0 Å². The zero-order valence-electron chi connectivity index (χ0n) is 15.5. The summed E-state index contributed by atoms with van der Waals surface area (Å²) in [7, 11) is 0. The van der Waals surface area contributed by atoms with Gasteiger partial charge in [-0.1, -0.05) is 0 Å². The number of nitrogens with one attached hydrogen (secondary N) is 1. The topological polar surface area (TPSA) is 92.7 Å². The molecular formula is C20H23NO5. The molecule has 0 saturated heterocycles. The average molecular weight is 357 g/mol. The molecule has 138 valence electrons. The monoisotopic (exact) mass is 357 g/mol. The zero-order valence-corrected chi connectivity index (χ0v) is 15.5. The molecule has 0 aliphatic heterocycles. The van der Waals surface area contributed by atoms with Gasteiger partial charge >= 0.3 is 5.63 Å². The molecular weight excluding hydrogens is 334 g/mol. The molecule has 2 aromatic heterocycles. The molecule has 2 heterocycles. The first-order valence-corrected chi connectivity index (χ1v) is 8.68. The highest BCUT2D eigenvalue weighted by atomic mass is 16.4. The van der Waals surface area contributed by atoms with E-state index >= 15 is 0 Å². The second-order valence-electron chi connectivity index (χ2n) is 6.64. The maximum Gasteiger partial charge on any atom is 0.340 e. The molecule has 3 rings (SSSR count). The smallest absolute Gasteiger partial charge is 0.340 e. The van der Waals surface area contributed by atoms with Crippen LogP contribution in [0.2, 0.25) is 0 Å². The molecule has 3 aromatic rings. The third-order valence-electron chi connectivity index (χ3n) is 4.94. The Morgan fingerprint density at radius 2 is 1.69 bits per heavy atom. The van der Waals surface area contributed by atoms with Crippen LogP contribution < -0.4 is 10.9 Å². The molecule has 0 saturated carbocycles. The zero-order chi connectivity index (χ0) is 19.0. The second-order valence-corrected chi connectivity index (χ2v) is 6.64. The number of carbonyl (C=O) groups excluding carboxylic acids is 1. The number of benzene rings is 1. The van der Waals surface area contributed by atoms with E-state index in [-0.39, 0.29) is 18.9 Å². The van der Waals surface area contributed by atoms with Crippen molar-refractivity contribution >= 4 is 27.8 Å². The standard InChI is InChI=1S/C20H23NO5/c1-10-13(4)25-18-12(3)19-15(8-14(10)18)11(2)16(20(24)26-19)9-17(23)21-6-5-7-22/h8,22H,5-7,9H2,1-4H3,(H,21,23). The molecule has 0 aliphatic rings. The van der Waals surface area contributed by atoms with Gasteiger partial charge in [0.25, 0.3) is 0 Å². The van der Waals surface area contributed by atoms with Gasteiger partial charge in [0.15, 0.2) is 0 Å². The number of furan rings is 1. The Kier molecular flexibility index (Phi) is 4.87. The summed E-state index contributed by atoms with van der Waals surface area (Å²) in [5.41, 5.74) is 3.66. The Balaban J connectivity index is 2.12. The lowest BCUT2D eigenvalue weighted by Crippen LogP contribution is -2.29. The number of rotatable bonds is 5. The van der Waals surface area contributed by atoms with Gasteiger partial charge < -0.3 is 19.3 Å². The molecule has 0 atom stereocenters. The van der Waals surface area contributed by atoms with Gasteiger partial charge in [0.1, 0.15) is 16.9 Å². The molecule has 1 aromatic carbocycles. The number of fused-ring (bicyclic) bond motifs is 2. The molecule has 1 amide bonds. The number of aliphatic hydroxyl groups is 1.